The molecule has 1 fully saturated rings. The number of fused-ring (bicyclic) bond motifs is 1. The fraction of sp³-hybridized carbons (Fsp3) is 0.190. The minimum atomic E-state index is -0.601. The van der Waals surface area contributed by atoms with Crippen molar-refractivity contribution in [3.8, 4) is 5.95 Å². The molecule has 30 heavy (non-hydrogen) atoms. The monoisotopic (exact) mass is 403 g/mol. The third-order valence-corrected chi connectivity index (χ3v) is 4.88. The second-order valence-corrected chi connectivity index (χ2v) is 7.28. The van der Waals surface area contributed by atoms with Gasteiger partial charge in [0.2, 0.25) is 5.95 Å². The number of hydrogen-bond acceptors (Lipinski definition) is 6. The van der Waals surface area contributed by atoms with Crippen LogP contribution in [0.15, 0.2) is 56.5 Å². The first-order chi connectivity index (χ1) is 14.5. The van der Waals surface area contributed by atoms with Crippen LogP contribution in [0, 0.1) is 6.92 Å². The summed E-state index contributed by atoms with van der Waals surface area (Å²) in [5.74, 6) is 0.118. The number of amides is 1. The molecule has 9 heteroatoms. The van der Waals surface area contributed by atoms with E-state index in [9.17, 15) is 14.4 Å². The Morgan fingerprint density at radius 3 is 2.77 bits per heavy atom. The third-order valence-electron chi connectivity index (χ3n) is 4.88. The van der Waals surface area contributed by atoms with Crippen LogP contribution in [0.4, 0.5) is 5.82 Å². The van der Waals surface area contributed by atoms with Crippen molar-refractivity contribution in [2.75, 3.05) is 5.32 Å². The molecule has 9 nitrogen and oxygen atoms in total. The van der Waals surface area contributed by atoms with Crippen LogP contribution < -0.4 is 16.3 Å². The SMILES string of the molecule is Cc1cc(=O)[nH]c(-n2nc(C3CC3)cc2NC(=O)c2cc(=O)c3ccccc3o2)n1. The van der Waals surface area contributed by atoms with Crippen LogP contribution in [0.5, 0.6) is 0 Å². The summed E-state index contributed by atoms with van der Waals surface area (Å²) in [6.45, 7) is 1.70. The molecule has 150 valence electrons. The predicted molar refractivity (Wildman–Crippen MR) is 109 cm³/mol. The lowest BCUT2D eigenvalue weighted by molar-refractivity contribution is 0.0996. The number of nitrogens with one attached hydrogen (secondary N) is 2. The Hall–Kier alpha value is -4.01. The zero-order valence-corrected chi connectivity index (χ0v) is 16.0. The van der Waals surface area contributed by atoms with Gasteiger partial charge in [0.25, 0.3) is 11.5 Å². The van der Waals surface area contributed by atoms with E-state index in [0.29, 0.717) is 28.4 Å². The van der Waals surface area contributed by atoms with Gasteiger partial charge in [-0.05, 0) is 31.9 Å². The van der Waals surface area contributed by atoms with E-state index in [4.69, 9.17) is 4.42 Å². The van der Waals surface area contributed by atoms with Crippen molar-refractivity contribution in [3.05, 3.63) is 80.2 Å². The standard InChI is InChI=1S/C21H17N5O4/c1-11-8-19(28)24-21(22-11)26-18(9-14(25-26)12-6-7-12)23-20(29)17-10-15(27)13-4-2-3-5-16(13)30-17/h2-5,8-10,12H,6-7H2,1H3,(H,23,29)(H,22,24,28). The number of hydrogen-bond donors (Lipinski definition) is 2. The van der Waals surface area contributed by atoms with E-state index in [2.05, 4.69) is 20.4 Å². The molecule has 1 amide bonds. The molecule has 0 spiro atoms. The van der Waals surface area contributed by atoms with Crippen molar-refractivity contribution in [2.24, 2.45) is 0 Å². The van der Waals surface area contributed by atoms with Gasteiger partial charge in [0, 0.05) is 29.8 Å². The zero-order chi connectivity index (χ0) is 20.8. The molecule has 1 aliphatic rings. The highest BCUT2D eigenvalue weighted by Crippen LogP contribution is 2.40. The molecule has 2 N–H and O–H groups in total. The van der Waals surface area contributed by atoms with Crippen molar-refractivity contribution >= 4 is 22.7 Å². The molecule has 1 aliphatic carbocycles. The normalized spacial score (nSPS) is 13.5. The van der Waals surface area contributed by atoms with Gasteiger partial charge in [0.05, 0.1) is 11.1 Å². The molecule has 5 rings (SSSR count). The van der Waals surface area contributed by atoms with Crippen LogP contribution in [-0.2, 0) is 0 Å². The Labute approximate surface area is 169 Å². The van der Waals surface area contributed by atoms with Crippen LogP contribution in [0.1, 0.15) is 40.7 Å². The number of aromatic amines is 1. The van der Waals surface area contributed by atoms with Crippen LogP contribution in [-0.4, -0.2) is 25.7 Å². The van der Waals surface area contributed by atoms with Crippen molar-refractivity contribution < 1.29 is 9.21 Å². The number of benzene rings is 1. The van der Waals surface area contributed by atoms with E-state index in [0.717, 1.165) is 24.6 Å². The maximum atomic E-state index is 12.8. The van der Waals surface area contributed by atoms with Crippen LogP contribution in [0.3, 0.4) is 0 Å². The lowest BCUT2D eigenvalue weighted by Crippen LogP contribution is -2.19. The second-order valence-electron chi connectivity index (χ2n) is 7.28. The number of para-hydroxylation sites is 1. The number of H-pyrrole nitrogens is 1. The van der Waals surface area contributed by atoms with Crippen molar-refractivity contribution in [1.82, 2.24) is 19.7 Å². The van der Waals surface area contributed by atoms with Gasteiger partial charge in [0.1, 0.15) is 11.4 Å². The zero-order valence-electron chi connectivity index (χ0n) is 16.0. The van der Waals surface area contributed by atoms with Gasteiger partial charge < -0.3 is 9.73 Å². The molecule has 0 bridgehead atoms. The Morgan fingerprint density at radius 2 is 2.00 bits per heavy atom. The maximum Gasteiger partial charge on any atom is 0.292 e. The molecule has 3 aromatic heterocycles. The average Bonchev–Trinajstić information content (AvgIpc) is 3.48. The van der Waals surface area contributed by atoms with Gasteiger partial charge in [-0.2, -0.15) is 9.78 Å². The highest BCUT2D eigenvalue weighted by Gasteiger charge is 2.28. The molecule has 0 saturated heterocycles. The molecular weight excluding hydrogens is 386 g/mol. The maximum absolute atomic E-state index is 12.8. The molecular formula is C21H17N5O4. The largest absolute Gasteiger partial charge is 0.451 e. The van der Waals surface area contributed by atoms with Gasteiger partial charge in [-0.25, -0.2) is 4.98 Å². The Balaban J connectivity index is 1.55. The first-order valence-electron chi connectivity index (χ1n) is 9.50. The fourth-order valence-electron chi connectivity index (χ4n) is 3.29. The lowest BCUT2D eigenvalue weighted by Gasteiger charge is -2.08. The summed E-state index contributed by atoms with van der Waals surface area (Å²) in [4.78, 5) is 44.0. The molecule has 3 heterocycles. The second kappa shape index (κ2) is 6.80. The molecule has 0 aliphatic heterocycles. The topological polar surface area (TPSA) is 123 Å². The van der Waals surface area contributed by atoms with Crippen LogP contribution in [0.2, 0.25) is 0 Å². The fourth-order valence-corrected chi connectivity index (χ4v) is 3.29. The van der Waals surface area contributed by atoms with E-state index < -0.39 is 5.91 Å². The summed E-state index contributed by atoms with van der Waals surface area (Å²) < 4.78 is 7.00. The number of anilines is 1. The van der Waals surface area contributed by atoms with Gasteiger partial charge in [-0.3, -0.25) is 19.4 Å². The Kier molecular flexibility index (Phi) is 4.09. The van der Waals surface area contributed by atoms with Crippen molar-refractivity contribution in [2.45, 2.75) is 25.7 Å². The summed E-state index contributed by atoms with van der Waals surface area (Å²) in [6.07, 6.45) is 2.03. The van der Waals surface area contributed by atoms with E-state index in [1.807, 2.05) is 0 Å². The predicted octanol–water partition coefficient (Wildman–Crippen LogP) is 2.50. The lowest BCUT2D eigenvalue weighted by atomic mass is 10.2. The van der Waals surface area contributed by atoms with Crippen LogP contribution in [0.25, 0.3) is 16.9 Å². The summed E-state index contributed by atoms with van der Waals surface area (Å²) in [5, 5.41) is 7.64. The molecule has 0 atom stereocenters. The third kappa shape index (κ3) is 3.30. The molecule has 1 aromatic carbocycles. The number of nitrogens with zero attached hydrogens (tertiary/aromatic N) is 3. The number of rotatable bonds is 4. The summed E-state index contributed by atoms with van der Waals surface area (Å²) in [6, 6.07) is 11.0. The van der Waals surface area contributed by atoms with Crippen molar-refractivity contribution in [3.63, 3.8) is 0 Å². The van der Waals surface area contributed by atoms with E-state index in [1.165, 1.54) is 10.7 Å². The highest BCUT2D eigenvalue weighted by molar-refractivity contribution is 6.02. The molecule has 1 saturated carbocycles. The van der Waals surface area contributed by atoms with E-state index in [-0.39, 0.29) is 22.7 Å². The smallest absolute Gasteiger partial charge is 0.292 e. The minimum absolute atomic E-state index is 0.120. The number of aryl methyl sites for hydroxylation is 1. The number of aromatic nitrogens is 4. The number of carbonyl (C=O) groups is 1. The summed E-state index contributed by atoms with van der Waals surface area (Å²) >= 11 is 0. The van der Waals surface area contributed by atoms with Crippen LogP contribution >= 0.6 is 0 Å². The number of carbonyl (C=O) groups excluding carboxylic acids is 1. The van der Waals surface area contributed by atoms with Gasteiger partial charge in [-0.1, -0.05) is 12.1 Å². The van der Waals surface area contributed by atoms with Gasteiger partial charge in [0.15, 0.2) is 11.2 Å². The Bertz CT molecular complexity index is 1410. The van der Waals surface area contributed by atoms with Gasteiger partial charge in [-0.15, -0.1) is 0 Å². The summed E-state index contributed by atoms with van der Waals surface area (Å²) in [5.41, 5.74) is 1.02. The summed E-state index contributed by atoms with van der Waals surface area (Å²) in [7, 11) is 0. The first kappa shape index (κ1) is 18.0. The Morgan fingerprint density at radius 1 is 1.20 bits per heavy atom. The molecule has 0 radical (unpaired) electrons. The van der Waals surface area contributed by atoms with E-state index in [1.54, 1.807) is 37.3 Å². The minimum Gasteiger partial charge on any atom is -0.451 e. The quantitative estimate of drug-likeness (QED) is 0.540. The molecule has 0 unspecified atom stereocenters. The average molecular weight is 403 g/mol. The first-order valence-corrected chi connectivity index (χ1v) is 9.50. The highest BCUT2D eigenvalue weighted by atomic mass is 16.3. The van der Waals surface area contributed by atoms with Gasteiger partial charge >= 0.3 is 0 Å². The molecule has 4 aromatic rings. The van der Waals surface area contributed by atoms with Crippen molar-refractivity contribution in [1.29, 1.82) is 0 Å². The van der Waals surface area contributed by atoms with E-state index >= 15 is 0 Å².